The molecule has 1 atom stereocenters. The zero-order valence-corrected chi connectivity index (χ0v) is 10.5. The molecule has 0 bridgehead atoms. The molecule has 0 spiro atoms. The van der Waals surface area contributed by atoms with E-state index in [1.54, 1.807) is 7.11 Å². The summed E-state index contributed by atoms with van der Waals surface area (Å²) in [6.45, 7) is 3.75. The normalized spacial score (nSPS) is 20.4. The molecule has 2 heterocycles. The van der Waals surface area contributed by atoms with Gasteiger partial charge in [0.2, 0.25) is 0 Å². The number of aryl methyl sites for hydroxylation is 1. The first kappa shape index (κ1) is 12.0. The SMILES string of the molecule is COC[C@@H]1CCCN1/N=C/c1cccc(C)n1. The van der Waals surface area contributed by atoms with E-state index < -0.39 is 0 Å². The fourth-order valence-corrected chi connectivity index (χ4v) is 2.10. The van der Waals surface area contributed by atoms with Crippen LogP contribution in [0.4, 0.5) is 0 Å². The van der Waals surface area contributed by atoms with Gasteiger partial charge in [-0.05, 0) is 31.9 Å². The van der Waals surface area contributed by atoms with Crippen molar-refractivity contribution < 1.29 is 4.74 Å². The quantitative estimate of drug-likeness (QED) is 0.745. The first-order chi connectivity index (χ1) is 8.29. The second-order valence-electron chi connectivity index (χ2n) is 4.36. The molecule has 1 aromatic rings. The van der Waals surface area contributed by atoms with Crippen LogP contribution in [0, 0.1) is 6.92 Å². The van der Waals surface area contributed by atoms with Crippen LogP contribution in [0.25, 0.3) is 0 Å². The summed E-state index contributed by atoms with van der Waals surface area (Å²) < 4.78 is 5.20. The number of nitrogens with zero attached hydrogens (tertiary/aromatic N) is 3. The Kier molecular flexibility index (Phi) is 4.09. The van der Waals surface area contributed by atoms with Crippen LogP contribution in [0.3, 0.4) is 0 Å². The topological polar surface area (TPSA) is 37.7 Å². The monoisotopic (exact) mass is 233 g/mol. The van der Waals surface area contributed by atoms with E-state index in [4.69, 9.17) is 4.74 Å². The second-order valence-corrected chi connectivity index (χ2v) is 4.36. The minimum atomic E-state index is 0.418. The molecule has 0 unspecified atom stereocenters. The third-order valence-electron chi connectivity index (χ3n) is 2.95. The smallest absolute Gasteiger partial charge is 0.0833 e. The van der Waals surface area contributed by atoms with Crippen LogP contribution in [0.2, 0.25) is 0 Å². The molecule has 0 aliphatic carbocycles. The first-order valence-corrected chi connectivity index (χ1v) is 6.03. The van der Waals surface area contributed by atoms with Gasteiger partial charge in [-0.15, -0.1) is 0 Å². The Hall–Kier alpha value is -1.42. The third-order valence-corrected chi connectivity index (χ3v) is 2.95. The van der Waals surface area contributed by atoms with Crippen LogP contribution in [0.15, 0.2) is 23.3 Å². The number of rotatable bonds is 4. The second kappa shape index (κ2) is 5.77. The number of pyridine rings is 1. The maximum atomic E-state index is 5.20. The highest BCUT2D eigenvalue weighted by Crippen LogP contribution is 2.17. The number of hydrazone groups is 1. The lowest BCUT2D eigenvalue weighted by Crippen LogP contribution is -2.28. The van der Waals surface area contributed by atoms with Gasteiger partial charge in [-0.25, -0.2) is 0 Å². The van der Waals surface area contributed by atoms with Crippen molar-refractivity contribution in [1.29, 1.82) is 0 Å². The van der Waals surface area contributed by atoms with Crippen LogP contribution in [0.5, 0.6) is 0 Å². The lowest BCUT2D eigenvalue weighted by molar-refractivity contribution is 0.118. The molecular weight excluding hydrogens is 214 g/mol. The Morgan fingerprint density at radius 2 is 2.47 bits per heavy atom. The van der Waals surface area contributed by atoms with Crippen molar-refractivity contribution in [3.63, 3.8) is 0 Å². The Bertz CT molecular complexity index is 392. The molecular formula is C13H19N3O. The number of aromatic nitrogens is 1. The minimum absolute atomic E-state index is 0.418. The molecule has 1 saturated heterocycles. The fourth-order valence-electron chi connectivity index (χ4n) is 2.10. The highest BCUT2D eigenvalue weighted by molar-refractivity contribution is 5.76. The number of hydrogen-bond acceptors (Lipinski definition) is 4. The van der Waals surface area contributed by atoms with E-state index in [2.05, 4.69) is 15.1 Å². The summed E-state index contributed by atoms with van der Waals surface area (Å²) in [4.78, 5) is 4.40. The minimum Gasteiger partial charge on any atom is -0.382 e. The molecule has 1 aromatic heterocycles. The Balaban J connectivity index is 2.00. The standard InChI is InChI=1S/C13H19N3O/c1-11-5-3-6-12(15-11)9-14-16-8-4-7-13(16)10-17-2/h3,5-6,9,13H,4,7-8,10H2,1-2H3/b14-9+/t13-/m0/s1. The van der Waals surface area contributed by atoms with Gasteiger partial charge in [-0.3, -0.25) is 9.99 Å². The van der Waals surface area contributed by atoms with Crippen molar-refractivity contribution in [2.75, 3.05) is 20.3 Å². The van der Waals surface area contributed by atoms with Crippen LogP contribution in [-0.4, -0.2) is 42.5 Å². The number of hydrogen-bond donors (Lipinski definition) is 0. The molecule has 17 heavy (non-hydrogen) atoms. The van der Waals surface area contributed by atoms with E-state index in [0.717, 1.165) is 31.0 Å². The number of ether oxygens (including phenoxy) is 1. The van der Waals surface area contributed by atoms with Crippen molar-refractivity contribution in [1.82, 2.24) is 9.99 Å². The zero-order valence-electron chi connectivity index (χ0n) is 10.5. The molecule has 1 aliphatic rings. The van der Waals surface area contributed by atoms with E-state index >= 15 is 0 Å². The molecule has 4 heteroatoms. The van der Waals surface area contributed by atoms with E-state index in [-0.39, 0.29) is 0 Å². The van der Waals surface area contributed by atoms with E-state index in [9.17, 15) is 0 Å². The van der Waals surface area contributed by atoms with E-state index in [1.807, 2.05) is 31.3 Å². The summed E-state index contributed by atoms with van der Waals surface area (Å²) in [6.07, 6.45) is 4.18. The summed E-state index contributed by atoms with van der Waals surface area (Å²) in [6, 6.07) is 6.38. The van der Waals surface area contributed by atoms with Crippen molar-refractivity contribution >= 4 is 6.21 Å². The van der Waals surface area contributed by atoms with Gasteiger partial charge < -0.3 is 4.74 Å². The molecule has 0 radical (unpaired) electrons. The molecule has 0 amide bonds. The van der Waals surface area contributed by atoms with Crippen molar-refractivity contribution in [2.45, 2.75) is 25.8 Å². The summed E-state index contributed by atoms with van der Waals surface area (Å²) in [7, 11) is 1.74. The molecule has 92 valence electrons. The molecule has 1 fully saturated rings. The lowest BCUT2D eigenvalue weighted by atomic mass is 10.2. The Morgan fingerprint density at radius 3 is 3.24 bits per heavy atom. The first-order valence-electron chi connectivity index (χ1n) is 6.03. The highest BCUT2D eigenvalue weighted by Gasteiger charge is 2.22. The van der Waals surface area contributed by atoms with Crippen LogP contribution in [0.1, 0.15) is 24.2 Å². The lowest BCUT2D eigenvalue weighted by Gasteiger charge is -2.20. The van der Waals surface area contributed by atoms with Gasteiger partial charge >= 0.3 is 0 Å². The molecule has 1 aliphatic heterocycles. The summed E-state index contributed by atoms with van der Waals surface area (Å²) in [5, 5.41) is 6.61. The van der Waals surface area contributed by atoms with Crippen molar-refractivity contribution in [2.24, 2.45) is 5.10 Å². The van der Waals surface area contributed by atoms with Gasteiger partial charge in [0.05, 0.1) is 24.6 Å². The molecule has 0 aromatic carbocycles. The van der Waals surface area contributed by atoms with E-state index in [0.29, 0.717) is 6.04 Å². The van der Waals surface area contributed by atoms with Crippen molar-refractivity contribution in [3.8, 4) is 0 Å². The Labute approximate surface area is 102 Å². The molecule has 0 N–H and O–H groups in total. The third kappa shape index (κ3) is 3.27. The summed E-state index contributed by atoms with van der Waals surface area (Å²) >= 11 is 0. The molecule has 4 nitrogen and oxygen atoms in total. The van der Waals surface area contributed by atoms with Gasteiger partial charge in [0.1, 0.15) is 0 Å². The molecule has 2 rings (SSSR count). The summed E-state index contributed by atoms with van der Waals surface area (Å²) in [5.74, 6) is 0. The molecule has 0 saturated carbocycles. The van der Waals surface area contributed by atoms with Gasteiger partial charge in [0.15, 0.2) is 0 Å². The maximum Gasteiger partial charge on any atom is 0.0833 e. The zero-order chi connectivity index (χ0) is 12.1. The predicted molar refractivity (Wildman–Crippen MR) is 68.2 cm³/mol. The average molecular weight is 233 g/mol. The van der Waals surface area contributed by atoms with Crippen LogP contribution >= 0.6 is 0 Å². The van der Waals surface area contributed by atoms with Gasteiger partial charge in [0, 0.05) is 19.3 Å². The predicted octanol–water partition coefficient (Wildman–Crippen LogP) is 1.83. The van der Waals surface area contributed by atoms with Gasteiger partial charge in [-0.1, -0.05) is 6.07 Å². The number of methoxy groups -OCH3 is 1. The highest BCUT2D eigenvalue weighted by atomic mass is 16.5. The van der Waals surface area contributed by atoms with Gasteiger partial charge in [0.25, 0.3) is 0 Å². The van der Waals surface area contributed by atoms with Crippen LogP contribution < -0.4 is 0 Å². The summed E-state index contributed by atoms with van der Waals surface area (Å²) in [5.41, 5.74) is 1.93. The van der Waals surface area contributed by atoms with E-state index in [1.165, 1.54) is 6.42 Å². The van der Waals surface area contributed by atoms with Crippen molar-refractivity contribution in [3.05, 3.63) is 29.6 Å². The Morgan fingerprint density at radius 1 is 1.59 bits per heavy atom. The average Bonchev–Trinajstić information content (AvgIpc) is 2.75. The van der Waals surface area contributed by atoms with Crippen LogP contribution in [-0.2, 0) is 4.74 Å². The maximum absolute atomic E-state index is 5.20. The van der Waals surface area contributed by atoms with Gasteiger partial charge in [-0.2, -0.15) is 5.10 Å². The fraction of sp³-hybridized carbons (Fsp3) is 0.538. The largest absolute Gasteiger partial charge is 0.382 e.